The van der Waals surface area contributed by atoms with Gasteiger partial charge in [0, 0.05) is 32.5 Å². The number of nitrogens with one attached hydrogen (secondary N) is 1. The standard InChI is InChI=1S/C34H45N3O5S/c1-6-27-17-19-30(20-18-27)37(43(5,40)41)21-11-16-33(38)36(25-29-14-10-15-31(22-29)42-4)32(34(39)35-24-26(2)3)23-28-12-8-7-9-13-28/h7-10,12-15,17-20,22,26,32H,6,11,16,21,23-25H2,1-5H3,(H,35,39)/t32-/m1/s1. The van der Waals surface area contributed by atoms with Gasteiger partial charge in [-0.3, -0.25) is 13.9 Å². The van der Waals surface area contributed by atoms with Crippen LogP contribution in [0, 0.1) is 5.92 Å². The monoisotopic (exact) mass is 607 g/mol. The number of carbonyl (C=O) groups is 2. The second kappa shape index (κ2) is 16.1. The smallest absolute Gasteiger partial charge is 0.243 e. The first kappa shape index (κ1) is 33.6. The Morgan fingerprint density at radius 3 is 2.19 bits per heavy atom. The minimum Gasteiger partial charge on any atom is -0.497 e. The van der Waals surface area contributed by atoms with Crippen molar-refractivity contribution in [3.63, 3.8) is 0 Å². The summed E-state index contributed by atoms with van der Waals surface area (Å²) in [6.07, 6.45) is 2.74. The summed E-state index contributed by atoms with van der Waals surface area (Å²) in [5.41, 5.74) is 3.45. The van der Waals surface area contributed by atoms with Crippen LogP contribution < -0.4 is 14.4 Å². The fourth-order valence-electron chi connectivity index (χ4n) is 4.85. The lowest BCUT2D eigenvalue weighted by Crippen LogP contribution is -2.51. The van der Waals surface area contributed by atoms with E-state index in [1.165, 1.54) is 10.6 Å². The van der Waals surface area contributed by atoms with Gasteiger partial charge in [0.2, 0.25) is 21.8 Å². The second-order valence-electron chi connectivity index (χ2n) is 11.2. The van der Waals surface area contributed by atoms with Crippen LogP contribution in [0.3, 0.4) is 0 Å². The van der Waals surface area contributed by atoms with Crippen molar-refractivity contribution in [1.29, 1.82) is 0 Å². The third kappa shape index (κ3) is 10.4. The largest absolute Gasteiger partial charge is 0.497 e. The summed E-state index contributed by atoms with van der Waals surface area (Å²) in [6, 6.07) is 23.8. The lowest BCUT2D eigenvalue weighted by atomic mass is 10.0. The molecule has 1 N–H and O–H groups in total. The molecule has 232 valence electrons. The lowest BCUT2D eigenvalue weighted by molar-refractivity contribution is -0.141. The number of ether oxygens (including phenoxy) is 1. The molecule has 0 saturated carbocycles. The van der Waals surface area contributed by atoms with E-state index in [1.807, 2.05) is 87.5 Å². The molecule has 0 aromatic heterocycles. The van der Waals surface area contributed by atoms with Crippen LogP contribution >= 0.6 is 0 Å². The van der Waals surface area contributed by atoms with E-state index in [4.69, 9.17) is 4.74 Å². The molecule has 0 bridgehead atoms. The Morgan fingerprint density at radius 2 is 1.58 bits per heavy atom. The maximum atomic E-state index is 14.0. The Kier molecular flexibility index (Phi) is 12.6. The molecule has 9 heteroatoms. The fourth-order valence-corrected chi connectivity index (χ4v) is 5.81. The molecule has 43 heavy (non-hydrogen) atoms. The summed E-state index contributed by atoms with van der Waals surface area (Å²) in [7, 11) is -1.98. The van der Waals surface area contributed by atoms with Crippen LogP contribution in [-0.2, 0) is 39.0 Å². The molecule has 0 saturated heterocycles. The third-order valence-corrected chi connectivity index (χ3v) is 8.42. The van der Waals surface area contributed by atoms with Gasteiger partial charge in [-0.2, -0.15) is 0 Å². The van der Waals surface area contributed by atoms with E-state index in [1.54, 1.807) is 24.1 Å². The van der Waals surface area contributed by atoms with E-state index in [9.17, 15) is 18.0 Å². The van der Waals surface area contributed by atoms with E-state index in [2.05, 4.69) is 5.32 Å². The zero-order valence-electron chi connectivity index (χ0n) is 26.0. The van der Waals surface area contributed by atoms with Crippen LogP contribution in [0.4, 0.5) is 5.69 Å². The Bertz CT molecular complexity index is 1430. The number of methoxy groups -OCH3 is 1. The molecule has 0 radical (unpaired) electrons. The van der Waals surface area contributed by atoms with Gasteiger partial charge in [0.25, 0.3) is 0 Å². The molecule has 0 aliphatic heterocycles. The first-order valence-electron chi connectivity index (χ1n) is 14.8. The average Bonchev–Trinajstić information content (AvgIpc) is 2.99. The van der Waals surface area contributed by atoms with Crippen molar-refractivity contribution >= 4 is 27.5 Å². The highest BCUT2D eigenvalue weighted by Crippen LogP contribution is 2.22. The molecule has 1 atom stereocenters. The van der Waals surface area contributed by atoms with Crippen molar-refractivity contribution in [2.45, 2.75) is 59.0 Å². The summed E-state index contributed by atoms with van der Waals surface area (Å²) in [6.45, 7) is 6.93. The van der Waals surface area contributed by atoms with Gasteiger partial charge >= 0.3 is 0 Å². The van der Waals surface area contributed by atoms with E-state index in [0.29, 0.717) is 30.8 Å². The van der Waals surface area contributed by atoms with Crippen molar-refractivity contribution in [1.82, 2.24) is 10.2 Å². The van der Waals surface area contributed by atoms with Gasteiger partial charge in [-0.05, 0) is 59.7 Å². The molecular formula is C34H45N3O5S. The molecular weight excluding hydrogens is 562 g/mol. The summed E-state index contributed by atoms with van der Waals surface area (Å²) >= 11 is 0. The minimum atomic E-state index is -3.57. The average molecular weight is 608 g/mol. The molecule has 3 rings (SSSR count). The van der Waals surface area contributed by atoms with Gasteiger partial charge in [0.15, 0.2) is 0 Å². The molecule has 0 unspecified atom stereocenters. The number of hydrogen-bond acceptors (Lipinski definition) is 5. The SMILES string of the molecule is CCc1ccc(N(CCCC(=O)N(Cc2cccc(OC)c2)[C@H](Cc2ccccc2)C(=O)NCC(C)C)S(C)(=O)=O)cc1. The van der Waals surface area contributed by atoms with Gasteiger partial charge in [-0.25, -0.2) is 8.42 Å². The second-order valence-corrected chi connectivity index (χ2v) is 13.1. The first-order chi connectivity index (χ1) is 20.5. The maximum Gasteiger partial charge on any atom is 0.243 e. The van der Waals surface area contributed by atoms with Crippen molar-refractivity contribution in [3.05, 3.63) is 95.6 Å². The van der Waals surface area contributed by atoms with Crippen LogP contribution in [0.1, 0.15) is 50.3 Å². The quantitative estimate of drug-likeness (QED) is 0.241. The number of aryl methyl sites for hydroxylation is 1. The highest BCUT2D eigenvalue weighted by Gasteiger charge is 2.30. The zero-order chi connectivity index (χ0) is 31.4. The predicted molar refractivity (Wildman–Crippen MR) is 173 cm³/mol. The van der Waals surface area contributed by atoms with Crippen LogP contribution in [0.15, 0.2) is 78.9 Å². The normalized spacial score (nSPS) is 12.0. The van der Waals surface area contributed by atoms with Crippen molar-refractivity contribution < 1.29 is 22.7 Å². The topological polar surface area (TPSA) is 96.0 Å². The van der Waals surface area contributed by atoms with Gasteiger partial charge in [0.1, 0.15) is 11.8 Å². The maximum absolute atomic E-state index is 14.0. The Labute approximate surface area is 257 Å². The number of nitrogens with zero attached hydrogens (tertiary/aromatic N) is 2. The van der Waals surface area contributed by atoms with E-state index >= 15 is 0 Å². The molecule has 2 amide bonds. The number of hydrogen-bond donors (Lipinski definition) is 1. The van der Waals surface area contributed by atoms with Crippen LogP contribution in [0.2, 0.25) is 0 Å². The third-order valence-electron chi connectivity index (χ3n) is 7.23. The number of carbonyl (C=O) groups excluding carboxylic acids is 2. The number of benzene rings is 3. The van der Waals surface area contributed by atoms with E-state index in [-0.39, 0.29) is 37.2 Å². The molecule has 3 aromatic carbocycles. The molecule has 3 aromatic rings. The number of amides is 2. The molecule has 0 fully saturated rings. The lowest BCUT2D eigenvalue weighted by Gasteiger charge is -2.32. The first-order valence-corrected chi connectivity index (χ1v) is 16.7. The number of rotatable bonds is 16. The highest BCUT2D eigenvalue weighted by atomic mass is 32.2. The van der Waals surface area contributed by atoms with Crippen molar-refractivity contribution in [2.24, 2.45) is 5.92 Å². The zero-order valence-corrected chi connectivity index (χ0v) is 26.8. The van der Waals surface area contributed by atoms with Gasteiger partial charge in [0.05, 0.1) is 19.1 Å². The minimum absolute atomic E-state index is 0.0752. The predicted octanol–water partition coefficient (Wildman–Crippen LogP) is 5.22. The summed E-state index contributed by atoms with van der Waals surface area (Å²) in [5, 5.41) is 3.03. The summed E-state index contributed by atoms with van der Waals surface area (Å²) in [5.74, 6) is 0.463. The molecule has 8 nitrogen and oxygen atoms in total. The Hall–Kier alpha value is -3.85. The van der Waals surface area contributed by atoms with Gasteiger partial charge < -0.3 is 15.0 Å². The Morgan fingerprint density at radius 1 is 0.907 bits per heavy atom. The summed E-state index contributed by atoms with van der Waals surface area (Å²) < 4.78 is 32.1. The van der Waals surface area contributed by atoms with Crippen LogP contribution in [0.5, 0.6) is 5.75 Å². The van der Waals surface area contributed by atoms with E-state index in [0.717, 1.165) is 23.1 Å². The van der Waals surface area contributed by atoms with Crippen LogP contribution in [0.25, 0.3) is 0 Å². The van der Waals surface area contributed by atoms with E-state index < -0.39 is 16.1 Å². The van der Waals surface area contributed by atoms with Crippen LogP contribution in [-0.4, -0.2) is 57.6 Å². The van der Waals surface area contributed by atoms with Gasteiger partial charge in [-0.15, -0.1) is 0 Å². The van der Waals surface area contributed by atoms with Crippen molar-refractivity contribution in [2.75, 3.05) is 30.8 Å². The fraction of sp³-hybridized carbons (Fsp3) is 0.412. The van der Waals surface area contributed by atoms with Gasteiger partial charge in [-0.1, -0.05) is 75.4 Å². The number of sulfonamides is 1. The molecule has 0 spiro atoms. The molecule has 0 aliphatic rings. The number of anilines is 1. The van der Waals surface area contributed by atoms with Crippen molar-refractivity contribution in [3.8, 4) is 5.75 Å². The summed E-state index contributed by atoms with van der Waals surface area (Å²) in [4.78, 5) is 29.2. The molecule has 0 aliphatic carbocycles. The Balaban J connectivity index is 1.89. The molecule has 0 heterocycles. The highest BCUT2D eigenvalue weighted by molar-refractivity contribution is 7.92.